The third-order valence-electron chi connectivity index (χ3n) is 3.82. The van der Waals surface area contributed by atoms with E-state index in [1.807, 2.05) is 0 Å². The van der Waals surface area contributed by atoms with Crippen molar-refractivity contribution in [3.63, 3.8) is 0 Å². The molecule has 1 fully saturated rings. The molecule has 102 valence electrons. The lowest BCUT2D eigenvalue weighted by atomic mass is 9.73. The van der Waals surface area contributed by atoms with E-state index >= 15 is 0 Å². The van der Waals surface area contributed by atoms with Crippen molar-refractivity contribution in [2.45, 2.75) is 40.0 Å². The number of rotatable bonds is 5. The van der Waals surface area contributed by atoms with Crippen LogP contribution < -0.4 is 5.73 Å². The molecule has 0 aromatic carbocycles. The number of nitrogens with zero attached hydrogens (tertiary/aromatic N) is 1. The number of hydrogen-bond acceptors (Lipinski definition) is 3. The number of hydrogen-bond donors (Lipinski definition) is 1. The first kappa shape index (κ1) is 14.9. The van der Waals surface area contributed by atoms with Crippen molar-refractivity contribution in [2.24, 2.45) is 17.1 Å². The van der Waals surface area contributed by atoms with Gasteiger partial charge in [-0.25, -0.2) is 12.7 Å². The molecule has 0 atom stereocenters. The molecule has 0 aromatic rings. The van der Waals surface area contributed by atoms with Gasteiger partial charge in [0.1, 0.15) is 0 Å². The molecule has 0 amide bonds. The molecule has 0 aromatic heterocycles. The molecule has 1 saturated heterocycles. The van der Waals surface area contributed by atoms with Crippen molar-refractivity contribution in [1.29, 1.82) is 0 Å². The standard InChI is InChI=1S/C12H26N2O2S/c1-4-17(15,16)14-7-5-12(10-13,6-8-14)9-11(2)3/h11H,4-10,13H2,1-3H3. The Labute approximate surface area is 106 Å². The molecule has 1 heterocycles. The quantitative estimate of drug-likeness (QED) is 0.815. The zero-order valence-electron chi connectivity index (χ0n) is 11.3. The lowest BCUT2D eigenvalue weighted by Crippen LogP contribution is -2.47. The summed E-state index contributed by atoms with van der Waals surface area (Å²) in [5.74, 6) is 0.820. The SMILES string of the molecule is CCS(=O)(=O)N1CCC(CN)(CC(C)C)CC1. The van der Waals surface area contributed by atoms with Gasteiger partial charge in [-0.1, -0.05) is 13.8 Å². The maximum atomic E-state index is 11.8. The zero-order valence-corrected chi connectivity index (χ0v) is 12.1. The molecule has 0 radical (unpaired) electrons. The zero-order chi connectivity index (χ0) is 13.1. The monoisotopic (exact) mass is 262 g/mol. The first-order valence-corrected chi connectivity index (χ1v) is 8.14. The average molecular weight is 262 g/mol. The van der Waals surface area contributed by atoms with Gasteiger partial charge in [0.05, 0.1) is 5.75 Å². The minimum atomic E-state index is -3.02. The second kappa shape index (κ2) is 5.67. The molecule has 0 bridgehead atoms. The molecule has 5 heteroatoms. The Bertz CT molecular complexity index is 330. The molecule has 0 saturated carbocycles. The smallest absolute Gasteiger partial charge is 0.213 e. The van der Waals surface area contributed by atoms with Crippen LogP contribution in [0.1, 0.15) is 40.0 Å². The van der Waals surface area contributed by atoms with Crippen molar-refractivity contribution >= 4 is 10.0 Å². The highest BCUT2D eigenvalue weighted by molar-refractivity contribution is 7.89. The molecule has 2 N–H and O–H groups in total. The minimum absolute atomic E-state index is 0.161. The van der Waals surface area contributed by atoms with E-state index in [9.17, 15) is 8.42 Å². The van der Waals surface area contributed by atoms with Crippen LogP contribution in [0.15, 0.2) is 0 Å². The van der Waals surface area contributed by atoms with E-state index in [1.54, 1.807) is 11.2 Å². The van der Waals surface area contributed by atoms with Gasteiger partial charge >= 0.3 is 0 Å². The summed E-state index contributed by atoms with van der Waals surface area (Å²) < 4.78 is 25.2. The van der Waals surface area contributed by atoms with Gasteiger partial charge in [0.2, 0.25) is 10.0 Å². The molecule has 4 nitrogen and oxygen atoms in total. The summed E-state index contributed by atoms with van der Waals surface area (Å²) in [5.41, 5.74) is 6.07. The first-order valence-electron chi connectivity index (χ1n) is 6.53. The van der Waals surface area contributed by atoms with Crippen molar-refractivity contribution in [3.8, 4) is 0 Å². The Morgan fingerprint density at radius 2 is 1.82 bits per heavy atom. The normalized spacial score (nSPS) is 21.9. The third kappa shape index (κ3) is 3.66. The van der Waals surface area contributed by atoms with Gasteiger partial charge in [-0.2, -0.15) is 0 Å². The van der Waals surface area contributed by atoms with E-state index in [2.05, 4.69) is 13.8 Å². The highest BCUT2D eigenvalue weighted by atomic mass is 32.2. The van der Waals surface area contributed by atoms with Crippen LogP contribution in [0, 0.1) is 11.3 Å². The summed E-state index contributed by atoms with van der Waals surface area (Å²) in [6.07, 6.45) is 2.91. The third-order valence-corrected chi connectivity index (χ3v) is 5.70. The van der Waals surface area contributed by atoms with Gasteiger partial charge < -0.3 is 5.73 Å². The molecule has 17 heavy (non-hydrogen) atoms. The highest BCUT2D eigenvalue weighted by Crippen LogP contribution is 2.37. The van der Waals surface area contributed by atoms with Gasteiger partial charge in [-0.3, -0.25) is 0 Å². The summed E-state index contributed by atoms with van der Waals surface area (Å²) in [7, 11) is -3.02. The summed E-state index contributed by atoms with van der Waals surface area (Å²) in [4.78, 5) is 0. The van der Waals surface area contributed by atoms with Crippen LogP contribution in [0.2, 0.25) is 0 Å². The van der Waals surface area contributed by atoms with Gasteiger partial charge in [-0.05, 0) is 44.1 Å². The summed E-state index contributed by atoms with van der Waals surface area (Å²) in [6.45, 7) is 8.05. The minimum Gasteiger partial charge on any atom is -0.330 e. The second-order valence-corrected chi connectivity index (χ2v) is 7.86. The predicted octanol–water partition coefficient (Wildman–Crippen LogP) is 1.42. The van der Waals surface area contributed by atoms with Gasteiger partial charge in [0.15, 0.2) is 0 Å². The van der Waals surface area contributed by atoms with E-state index < -0.39 is 10.0 Å². The molecular weight excluding hydrogens is 236 g/mol. The fraction of sp³-hybridized carbons (Fsp3) is 1.00. The van der Waals surface area contributed by atoms with Crippen LogP contribution in [0.25, 0.3) is 0 Å². The maximum Gasteiger partial charge on any atom is 0.213 e. The Balaban J connectivity index is 2.65. The topological polar surface area (TPSA) is 63.4 Å². The summed E-state index contributed by atoms with van der Waals surface area (Å²) in [5, 5.41) is 0. The Morgan fingerprint density at radius 3 is 2.18 bits per heavy atom. The van der Waals surface area contributed by atoms with Crippen molar-refractivity contribution in [3.05, 3.63) is 0 Å². The molecule has 0 unspecified atom stereocenters. The van der Waals surface area contributed by atoms with E-state index in [1.165, 1.54) is 0 Å². The van der Waals surface area contributed by atoms with Crippen LogP contribution in [0.5, 0.6) is 0 Å². The lowest BCUT2D eigenvalue weighted by Gasteiger charge is -2.41. The fourth-order valence-corrected chi connectivity index (χ4v) is 3.88. The van der Waals surface area contributed by atoms with Crippen molar-refractivity contribution in [2.75, 3.05) is 25.4 Å². The Hall–Kier alpha value is -0.130. The van der Waals surface area contributed by atoms with Crippen LogP contribution in [-0.4, -0.2) is 38.1 Å². The van der Waals surface area contributed by atoms with Crippen molar-refractivity contribution < 1.29 is 8.42 Å². The largest absolute Gasteiger partial charge is 0.330 e. The molecule has 1 aliphatic rings. The van der Waals surface area contributed by atoms with Crippen LogP contribution >= 0.6 is 0 Å². The fourth-order valence-electron chi connectivity index (χ4n) is 2.78. The van der Waals surface area contributed by atoms with Crippen molar-refractivity contribution in [1.82, 2.24) is 4.31 Å². The maximum absolute atomic E-state index is 11.8. The number of piperidine rings is 1. The highest BCUT2D eigenvalue weighted by Gasteiger charge is 2.36. The molecular formula is C12H26N2O2S. The predicted molar refractivity (Wildman–Crippen MR) is 71.2 cm³/mol. The second-order valence-electron chi connectivity index (χ2n) is 5.60. The number of nitrogens with two attached hydrogens (primary N) is 1. The van der Waals surface area contributed by atoms with Gasteiger partial charge in [0, 0.05) is 13.1 Å². The molecule has 1 rings (SSSR count). The average Bonchev–Trinajstić information content (AvgIpc) is 2.29. The Morgan fingerprint density at radius 1 is 1.29 bits per heavy atom. The molecule has 0 aliphatic carbocycles. The van der Waals surface area contributed by atoms with E-state index in [0.717, 1.165) is 19.3 Å². The van der Waals surface area contributed by atoms with Gasteiger partial charge in [0.25, 0.3) is 0 Å². The van der Waals surface area contributed by atoms with E-state index in [0.29, 0.717) is 25.6 Å². The first-order chi connectivity index (χ1) is 7.85. The molecule has 1 aliphatic heterocycles. The lowest BCUT2D eigenvalue weighted by molar-refractivity contribution is 0.132. The van der Waals surface area contributed by atoms with E-state index in [-0.39, 0.29) is 11.2 Å². The van der Waals surface area contributed by atoms with Crippen LogP contribution in [0.4, 0.5) is 0 Å². The summed E-state index contributed by atoms with van der Waals surface area (Å²) in [6, 6.07) is 0. The van der Waals surface area contributed by atoms with E-state index in [4.69, 9.17) is 5.73 Å². The Kier molecular flexibility index (Phi) is 4.98. The number of sulfonamides is 1. The van der Waals surface area contributed by atoms with Crippen LogP contribution in [-0.2, 0) is 10.0 Å². The summed E-state index contributed by atoms with van der Waals surface area (Å²) >= 11 is 0. The molecule has 0 spiro atoms. The van der Waals surface area contributed by atoms with Gasteiger partial charge in [-0.15, -0.1) is 0 Å². The van der Waals surface area contributed by atoms with Crippen LogP contribution in [0.3, 0.4) is 0 Å².